The molecular formula is C13H24N4O2S. The lowest BCUT2D eigenvalue weighted by atomic mass is 10.4. The van der Waals surface area contributed by atoms with Crippen molar-refractivity contribution in [1.82, 2.24) is 15.0 Å². The first-order valence-corrected chi connectivity index (χ1v) is 7.87. The number of nitrogens with one attached hydrogen (secondary N) is 1. The molecule has 0 aromatic carbocycles. The van der Waals surface area contributed by atoms with Crippen molar-refractivity contribution in [3.8, 4) is 6.01 Å². The van der Waals surface area contributed by atoms with Gasteiger partial charge in [-0.05, 0) is 26.7 Å². The van der Waals surface area contributed by atoms with Gasteiger partial charge in [-0.1, -0.05) is 25.6 Å². The highest BCUT2D eigenvalue weighted by molar-refractivity contribution is 7.99. The summed E-state index contributed by atoms with van der Waals surface area (Å²) in [7, 11) is 0. The Morgan fingerprint density at radius 1 is 1.25 bits per heavy atom. The summed E-state index contributed by atoms with van der Waals surface area (Å²) in [6.45, 7) is 8.96. The Labute approximate surface area is 124 Å². The van der Waals surface area contributed by atoms with Gasteiger partial charge in [0, 0.05) is 18.4 Å². The van der Waals surface area contributed by atoms with Crippen LogP contribution in [0.4, 0.5) is 5.95 Å². The molecular weight excluding hydrogens is 276 g/mol. The zero-order valence-corrected chi connectivity index (χ0v) is 13.4. The molecule has 0 saturated heterocycles. The molecule has 1 aromatic rings. The first-order valence-electron chi connectivity index (χ1n) is 6.99. The molecule has 7 heteroatoms. The molecule has 0 aliphatic rings. The van der Waals surface area contributed by atoms with Gasteiger partial charge in [-0.3, -0.25) is 0 Å². The highest BCUT2D eigenvalue weighted by atomic mass is 32.2. The molecule has 1 aromatic heterocycles. The number of aliphatic hydroxyl groups excluding tert-OH is 1. The number of aliphatic hydroxyl groups is 1. The summed E-state index contributed by atoms with van der Waals surface area (Å²) in [6.07, 6.45) is 1.72. The van der Waals surface area contributed by atoms with Crippen molar-refractivity contribution in [3.05, 3.63) is 0 Å². The van der Waals surface area contributed by atoms with Gasteiger partial charge in [-0.15, -0.1) is 0 Å². The molecule has 0 fully saturated rings. The fourth-order valence-electron chi connectivity index (χ4n) is 1.39. The first-order chi connectivity index (χ1) is 9.55. The van der Waals surface area contributed by atoms with Gasteiger partial charge in [0.2, 0.25) is 5.95 Å². The van der Waals surface area contributed by atoms with Gasteiger partial charge < -0.3 is 15.2 Å². The van der Waals surface area contributed by atoms with Crippen LogP contribution in [0.15, 0.2) is 5.16 Å². The van der Waals surface area contributed by atoms with E-state index in [2.05, 4.69) is 27.2 Å². The molecule has 114 valence electrons. The Bertz CT molecular complexity index is 404. The summed E-state index contributed by atoms with van der Waals surface area (Å²) in [5.41, 5.74) is 0. The lowest BCUT2D eigenvalue weighted by Gasteiger charge is -2.12. The number of hydrogen-bond donors (Lipinski definition) is 2. The molecule has 1 unspecified atom stereocenters. The van der Waals surface area contributed by atoms with Crippen LogP contribution in [0.5, 0.6) is 6.01 Å². The predicted molar refractivity (Wildman–Crippen MR) is 81.4 cm³/mol. The number of thioether (sulfide) groups is 1. The molecule has 6 nitrogen and oxygen atoms in total. The molecule has 20 heavy (non-hydrogen) atoms. The van der Waals surface area contributed by atoms with Crippen LogP contribution in [-0.4, -0.2) is 44.6 Å². The molecule has 0 aliphatic carbocycles. The number of hydrogen-bond acceptors (Lipinski definition) is 7. The molecule has 1 rings (SSSR count). The fourth-order valence-corrected chi connectivity index (χ4v) is 2.24. The predicted octanol–water partition coefficient (Wildman–Crippen LogP) is 2.34. The van der Waals surface area contributed by atoms with Gasteiger partial charge in [0.25, 0.3) is 0 Å². The molecule has 1 heterocycles. The van der Waals surface area contributed by atoms with E-state index in [1.54, 1.807) is 0 Å². The van der Waals surface area contributed by atoms with E-state index < -0.39 is 0 Å². The minimum absolute atomic E-state index is 0.0177. The van der Waals surface area contributed by atoms with Gasteiger partial charge >= 0.3 is 6.01 Å². The van der Waals surface area contributed by atoms with Crippen LogP contribution in [0.1, 0.15) is 40.5 Å². The van der Waals surface area contributed by atoms with Crippen molar-refractivity contribution >= 4 is 17.7 Å². The number of ether oxygens (including phenoxy) is 1. The van der Waals surface area contributed by atoms with Crippen LogP contribution >= 0.6 is 11.8 Å². The largest absolute Gasteiger partial charge is 0.461 e. The van der Waals surface area contributed by atoms with E-state index in [1.807, 2.05) is 20.8 Å². The van der Waals surface area contributed by atoms with E-state index in [9.17, 15) is 0 Å². The van der Waals surface area contributed by atoms with Crippen molar-refractivity contribution in [2.45, 2.75) is 57.0 Å². The zero-order valence-electron chi connectivity index (χ0n) is 12.6. The summed E-state index contributed by atoms with van der Waals surface area (Å²) in [4.78, 5) is 12.9. The van der Waals surface area contributed by atoms with Crippen LogP contribution in [0.2, 0.25) is 0 Å². The van der Waals surface area contributed by atoms with Crippen LogP contribution < -0.4 is 10.1 Å². The monoisotopic (exact) mass is 300 g/mol. The molecule has 0 radical (unpaired) electrons. The summed E-state index contributed by atoms with van der Waals surface area (Å²) in [5, 5.41) is 13.0. The highest BCUT2D eigenvalue weighted by Crippen LogP contribution is 2.24. The van der Waals surface area contributed by atoms with Gasteiger partial charge in [-0.2, -0.15) is 15.0 Å². The summed E-state index contributed by atoms with van der Waals surface area (Å²) in [5.74, 6) is 0.538. The van der Waals surface area contributed by atoms with Crippen LogP contribution in [0.25, 0.3) is 0 Å². The Morgan fingerprint density at radius 3 is 2.60 bits per heavy atom. The lowest BCUT2D eigenvalue weighted by molar-refractivity contribution is 0.219. The molecule has 0 saturated carbocycles. The van der Waals surface area contributed by atoms with Gasteiger partial charge in [0.1, 0.15) is 0 Å². The number of rotatable bonds is 9. The Kier molecular flexibility index (Phi) is 7.61. The minimum Gasteiger partial charge on any atom is -0.461 e. The summed E-state index contributed by atoms with van der Waals surface area (Å²) < 4.78 is 5.55. The molecule has 0 spiro atoms. The second-order valence-electron chi connectivity index (χ2n) is 4.76. The molecule has 0 amide bonds. The van der Waals surface area contributed by atoms with Gasteiger partial charge in [0.15, 0.2) is 5.16 Å². The SMILES string of the molecule is CCCNc1nc(OC(C)C)nc(SC(C)CCO)n1. The molecule has 0 bridgehead atoms. The van der Waals surface area contributed by atoms with E-state index in [0.717, 1.165) is 13.0 Å². The Balaban J connectivity index is 2.84. The average Bonchev–Trinajstić information content (AvgIpc) is 2.35. The van der Waals surface area contributed by atoms with Crippen LogP contribution in [-0.2, 0) is 0 Å². The average molecular weight is 300 g/mol. The molecule has 2 N–H and O–H groups in total. The quantitative estimate of drug-likeness (QED) is 0.677. The zero-order chi connectivity index (χ0) is 15.0. The van der Waals surface area contributed by atoms with Crippen LogP contribution in [0, 0.1) is 0 Å². The van der Waals surface area contributed by atoms with Crippen LogP contribution in [0.3, 0.4) is 0 Å². The van der Waals surface area contributed by atoms with E-state index in [0.29, 0.717) is 23.5 Å². The van der Waals surface area contributed by atoms with Gasteiger partial charge in [-0.25, -0.2) is 0 Å². The van der Waals surface area contributed by atoms with Gasteiger partial charge in [0.05, 0.1) is 6.10 Å². The Morgan fingerprint density at radius 2 is 2.00 bits per heavy atom. The number of nitrogens with zero attached hydrogens (tertiary/aromatic N) is 3. The van der Waals surface area contributed by atoms with Crippen molar-refractivity contribution in [3.63, 3.8) is 0 Å². The second-order valence-corrected chi connectivity index (χ2v) is 6.16. The third-order valence-electron chi connectivity index (χ3n) is 2.31. The van der Waals surface area contributed by atoms with Crippen molar-refractivity contribution in [2.24, 2.45) is 0 Å². The topological polar surface area (TPSA) is 80.2 Å². The summed E-state index contributed by atoms with van der Waals surface area (Å²) >= 11 is 1.51. The van der Waals surface area contributed by atoms with E-state index in [-0.39, 0.29) is 18.0 Å². The molecule has 1 atom stereocenters. The van der Waals surface area contributed by atoms with E-state index >= 15 is 0 Å². The maximum absolute atomic E-state index is 8.96. The van der Waals surface area contributed by atoms with Crippen molar-refractivity contribution in [1.29, 1.82) is 0 Å². The third kappa shape index (κ3) is 6.38. The first kappa shape index (κ1) is 17.0. The smallest absolute Gasteiger partial charge is 0.322 e. The molecule has 0 aliphatic heterocycles. The lowest BCUT2D eigenvalue weighted by Crippen LogP contribution is -2.13. The normalized spacial score (nSPS) is 12.5. The number of anilines is 1. The number of aromatic nitrogens is 3. The standard InChI is InChI=1S/C13H24N4O2S/c1-5-7-14-11-15-12(19-9(2)3)17-13(16-11)20-10(4)6-8-18/h9-10,18H,5-8H2,1-4H3,(H,14,15,16,17). The fraction of sp³-hybridized carbons (Fsp3) is 0.769. The maximum atomic E-state index is 8.96. The third-order valence-corrected chi connectivity index (χ3v) is 3.34. The van der Waals surface area contributed by atoms with Crippen molar-refractivity contribution < 1.29 is 9.84 Å². The Hall–Kier alpha value is -1.08. The van der Waals surface area contributed by atoms with E-state index in [1.165, 1.54) is 11.8 Å². The highest BCUT2D eigenvalue weighted by Gasteiger charge is 2.12. The summed E-state index contributed by atoms with van der Waals surface area (Å²) in [6, 6.07) is 0.340. The maximum Gasteiger partial charge on any atom is 0.322 e. The van der Waals surface area contributed by atoms with Crippen molar-refractivity contribution in [2.75, 3.05) is 18.5 Å². The van der Waals surface area contributed by atoms with E-state index in [4.69, 9.17) is 9.84 Å². The minimum atomic E-state index is 0.0177. The second kappa shape index (κ2) is 8.97.